The first-order valence-electron chi connectivity index (χ1n) is 6.47. The molecule has 0 saturated heterocycles. The summed E-state index contributed by atoms with van der Waals surface area (Å²) >= 11 is 0. The summed E-state index contributed by atoms with van der Waals surface area (Å²) in [5.74, 6) is -0.710. The van der Waals surface area contributed by atoms with Crippen LogP contribution in [-0.4, -0.2) is 36.7 Å². The molecule has 0 aliphatic rings. The molecule has 0 aromatic heterocycles. The lowest BCUT2D eigenvalue weighted by Gasteiger charge is -2.16. The van der Waals surface area contributed by atoms with Crippen molar-refractivity contribution < 1.29 is 33.9 Å². The van der Waals surface area contributed by atoms with Crippen molar-refractivity contribution in [1.29, 1.82) is 0 Å². The van der Waals surface area contributed by atoms with Gasteiger partial charge in [0, 0.05) is 5.57 Å². The summed E-state index contributed by atoms with van der Waals surface area (Å²) < 4.78 is 9.10. The number of carboxylic acid groups (broad SMARTS) is 1. The monoisotopic (exact) mass is 290 g/mol. The minimum absolute atomic E-state index is 0.164. The van der Waals surface area contributed by atoms with Crippen LogP contribution in [0.25, 0.3) is 0 Å². The second-order valence-corrected chi connectivity index (χ2v) is 4.17. The molecule has 1 unspecified atom stereocenters. The van der Waals surface area contributed by atoms with E-state index in [0.717, 1.165) is 25.7 Å². The summed E-state index contributed by atoms with van der Waals surface area (Å²) in [7, 11) is 0. The highest BCUT2D eigenvalue weighted by Crippen LogP contribution is 2.05. The molecule has 116 valence electrons. The van der Waals surface area contributed by atoms with Crippen LogP contribution in [0.1, 0.15) is 39.5 Å². The zero-order valence-corrected chi connectivity index (χ0v) is 11.9. The zero-order valence-electron chi connectivity index (χ0n) is 11.9. The molecule has 0 spiro atoms. The lowest BCUT2D eigenvalue weighted by Crippen LogP contribution is -2.28. The maximum atomic E-state index is 11.3. The number of carbonyl (C=O) groups is 2. The molecular weight excluding hydrogens is 268 g/mol. The molecule has 0 fully saturated rings. The van der Waals surface area contributed by atoms with Crippen molar-refractivity contribution in [2.45, 2.75) is 45.8 Å². The molecule has 0 aliphatic carbocycles. The lowest BCUT2D eigenvalue weighted by molar-refractivity contribution is -0.374. The van der Waals surface area contributed by atoms with E-state index in [2.05, 4.69) is 18.2 Å². The maximum Gasteiger partial charge on any atom is 0.505 e. The van der Waals surface area contributed by atoms with Gasteiger partial charge >= 0.3 is 12.1 Å². The minimum Gasteiger partial charge on any atom is -0.450 e. The number of carbonyl (C=O) groups excluding carboxylic acids is 1. The predicted molar refractivity (Wildman–Crippen MR) is 69.8 cm³/mol. The van der Waals surface area contributed by atoms with Crippen LogP contribution in [0, 0.1) is 0 Å². The Bertz CT molecular complexity index is 314. The first-order chi connectivity index (χ1) is 9.47. The molecule has 1 N–H and O–H groups in total. The van der Waals surface area contributed by atoms with Crippen LogP contribution < -0.4 is 0 Å². The van der Waals surface area contributed by atoms with Crippen molar-refractivity contribution in [3.8, 4) is 0 Å². The standard InChI is InChI=1S/C13H22O7/c1-4-5-6-7-8-18-20-11(9-17-13(15)16)19-12(14)10(2)3/h11H,2,4-9H2,1,3H3,(H,15,16). The normalized spacial score (nSPS) is 11.7. The van der Waals surface area contributed by atoms with Gasteiger partial charge in [-0.25, -0.2) is 14.5 Å². The SMILES string of the molecule is C=C(C)C(=O)OC(COC(=O)O)OOCCCCCC. The molecule has 0 saturated carbocycles. The summed E-state index contributed by atoms with van der Waals surface area (Å²) in [4.78, 5) is 31.3. The number of unbranched alkanes of at least 4 members (excludes halogenated alkanes) is 3. The molecule has 0 aromatic carbocycles. The highest BCUT2D eigenvalue weighted by atomic mass is 17.2. The van der Waals surface area contributed by atoms with E-state index in [0.29, 0.717) is 6.61 Å². The number of rotatable bonds is 11. The third-order valence-corrected chi connectivity index (χ3v) is 2.19. The number of hydrogen-bond acceptors (Lipinski definition) is 6. The number of hydrogen-bond donors (Lipinski definition) is 1. The first-order valence-corrected chi connectivity index (χ1v) is 6.47. The fourth-order valence-corrected chi connectivity index (χ4v) is 1.15. The lowest BCUT2D eigenvalue weighted by atomic mass is 10.2. The second-order valence-electron chi connectivity index (χ2n) is 4.17. The van der Waals surface area contributed by atoms with E-state index in [1.165, 1.54) is 6.92 Å². The van der Waals surface area contributed by atoms with Crippen molar-refractivity contribution in [3.63, 3.8) is 0 Å². The van der Waals surface area contributed by atoms with Gasteiger partial charge in [0.2, 0.25) is 0 Å². The Morgan fingerprint density at radius 3 is 2.50 bits per heavy atom. The van der Waals surface area contributed by atoms with Gasteiger partial charge in [-0.1, -0.05) is 32.8 Å². The Morgan fingerprint density at radius 2 is 1.95 bits per heavy atom. The Kier molecular flexibility index (Phi) is 10.3. The van der Waals surface area contributed by atoms with E-state index in [4.69, 9.17) is 19.6 Å². The minimum atomic E-state index is -1.49. The second kappa shape index (κ2) is 11.2. The quantitative estimate of drug-likeness (QED) is 0.156. The Hall–Kier alpha value is -1.60. The van der Waals surface area contributed by atoms with Gasteiger partial charge in [-0.15, -0.1) is 0 Å². The number of ether oxygens (including phenoxy) is 2. The molecule has 7 heteroatoms. The molecule has 0 heterocycles. The van der Waals surface area contributed by atoms with Gasteiger partial charge < -0.3 is 14.6 Å². The van der Waals surface area contributed by atoms with Crippen molar-refractivity contribution in [2.24, 2.45) is 0 Å². The average molecular weight is 290 g/mol. The fourth-order valence-electron chi connectivity index (χ4n) is 1.15. The smallest absolute Gasteiger partial charge is 0.450 e. The van der Waals surface area contributed by atoms with Crippen LogP contribution in [0.2, 0.25) is 0 Å². The van der Waals surface area contributed by atoms with Gasteiger partial charge in [0.25, 0.3) is 6.29 Å². The summed E-state index contributed by atoms with van der Waals surface area (Å²) in [5.41, 5.74) is 0.164. The Labute approximate surface area is 118 Å². The van der Waals surface area contributed by atoms with Crippen LogP contribution in [0.5, 0.6) is 0 Å². The average Bonchev–Trinajstić information content (AvgIpc) is 2.39. The van der Waals surface area contributed by atoms with Gasteiger partial charge in [-0.05, 0) is 13.3 Å². The zero-order chi connectivity index (χ0) is 15.4. The molecule has 7 nitrogen and oxygen atoms in total. The van der Waals surface area contributed by atoms with Crippen LogP contribution in [-0.2, 0) is 24.0 Å². The van der Waals surface area contributed by atoms with E-state index >= 15 is 0 Å². The predicted octanol–water partition coefficient (Wildman–Crippen LogP) is 2.65. The first kappa shape index (κ1) is 18.4. The number of esters is 1. The molecule has 0 radical (unpaired) electrons. The van der Waals surface area contributed by atoms with Crippen LogP contribution in [0.4, 0.5) is 4.79 Å². The molecular formula is C13H22O7. The topological polar surface area (TPSA) is 91.3 Å². The highest BCUT2D eigenvalue weighted by molar-refractivity contribution is 5.87. The van der Waals surface area contributed by atoms with Crippen LogP contribution in [0.15, 0.2) is 12.2 Å². The molecule has 0 aromatic rings. The highest BCUT2D eigenvalue weighted by Gasteiger charge is 2.18. The molecule has 0 aliphatic heterocycles. The van der Waals surface area contributed by atoms with Gasteiger partial charge in [-0.2, -0.15) is 4.89 Å². The molecule has 0 bridgehead atoms. The fraction of sp³-hybridized carbons (Fsp3) is 0.692. The van der Waals surface area contributed by atoms with E-state index in [9.17, 15) is 9.59 Å². The van der Waals surface area contributed by atoms with E-state index in [1.807, 2.05) is 0 Å². The third-order valence-electron chi connectivity index (χ3n) is 2.19. The van der Waals surface area contributed by atoms with Crippen molar-refractivity contribution in [1.82, 2.24) is 0 Å². The summed E-state index contributed by atoms with van der Waals surface area (Å²) in [6, 6.07) is 0. The van der Waals surface area contributed by atoms with Gasteiger partial charge in [0.05, 0.1) is 6.61 Å². The Morgan fingerprint density at radius 1 is 1.25 bits per heavy atom. The van der Waals surface area contributed by atoms with Crippen molar-refractivity contribution in [2.75, 3.05) is 13.2 Å². The van der Waals surface area contributed by atoms with E-state index in [1.54, 1.807) is 0 Å². The molecule has 0 rings (SSSR count). The van der Waals surface area contributed by atoms with Gasteiger partial charge in [-0.3, -0.25) is 0 Å². The van der Waals surface area contributed by atoms with Crippen LogP contribution >= 0.6 is 0 Å². The van der Waals surface area contributed by atoms with Crippen molar-refractivity contribution in [3.05, 3.63) is 12.2 Å². The van der Waals surface area contributed by atoms with E-state index in [-0.39, 0.29) is 5.57 Å². The van der Waals surface area contributed by atoms with Crippen LogP contribution in [0.3, 0.4) is 0 Å². The largest absolute Gasteiger partial charge is 0.505 e. The third kappa shape index (κ3) is 10.3. The molecule has 0 amide bonds. The molecule has 1 atom stereocenters. The maximum absolute atomic E-state index is 11.3. The summed E-state index contributed by atoms with van der Waals surface area (Å²) in [6.07, 6.45) is 1.26. The molecule has 20 heavy (non-hydrogen) atoms. The Balaban J connectivity index is 4.01. The van der Waals surface area contributed by atoms with E-state index < -0.39 is 25.0 Å². The van der Waals surface area contributed by atoms with Crippen molar-refractivity contribution >= 4 is 12.1 Å². The summed E-state index contributed by atoms with van der Waals surface area (Å²) in [5, 5.41) is 8.40. The van der Waals surface area contributed by atoms with Gasteiger partial charge in [0.15, 0.2) is 6.61 Å². The van der Waals surface area contributed by atoms with Gasteiger partial charge in [0.1, 0.15) is 0 Å². The summed E-state index contributed by atoms with van der Waals surface area (Å²) in [6.45, 7) is 6.82.